The molecule has 11 heteroatoms. The van der Waals surface area contributed by atoms with Gasteiger partial charge in [0.1, 0.15) is 30.5 Å². The number of nitrogens with zero attached hydrogens (tertiary/aromatic N) is 1. The van der Waals surface area contributed by atoms with E-state index in [1.165, 1.54) is 6.07 Å². The molecule has 0 aliphatic carbocycles. The number of benzene rings is 4. The molecule has 50 heavy (non-hydrogen) atoms. The molecule has 1 atom stereocenters. The fourth-order valence-electron chi connectivity index (χ4n) is 6.03. The molecule has 8 nitrogen and oxygen atoms in total. The lowest BCUT2D eigenvalue weighted by atomic mass is 9.93. The second-order valence-electron chi connectivity index (χ2n) is 12.6. The van der Waals surface area contributed by atoms with Crippen LogP contribution in [-0.2, 0) is 19.8 Å². The minimum absolute atomic E-state index is 0.0411. The minimum Gasteiger partial charge on any atom is -0.493 e. The zero-order chi connectivity index (χ0) is 35.6. The predicted molar refractivity (Wildman–Crippen MR) is 190 cm³/mol. The van der Waals surface area contributed by atoms with Crippen molar-refractivity contribution in [2.24, 2.45) is 0 Å². The van der Waals surface area contributed by atoms with Crippen molar-refractivity contribution in [3.05, 3.63) is 111 Å². The molecule has 4 aromatic carbocycles. The van der Waals surface area contributed by atoms with Gasteiger partial charge in [-0.05, 0) is 84.3 Å². The summed E-state index contributed by atoms with van der Waals surface area (Å²) >= 11 is 6.68. The van der Waals surface area contributed by atoms with Crippen molar-refractivity contribution < 1.29 is 38.3 Å². The minimum atomic E-state index is -0.968. The van der Waals surface area contributed by atoms with Gasteiger partial charge in [-0.3, -0.25) is 0 Å². The lowest BCUT2D eigenvalue weighted by Gasteiger charge is -2.19. The number of ether oxygens (including phenoxy) is 3. The van der Waals surface area contributed by atoms with Gasteiger partial charge in [-0.25, -0.2) is 8.78 Å². The molecular weight excluding hydrogens is 666 g/mol. The van der Waals surface area contributed by atoms with Crippen molar-refractivity contribution in [3.8, 4) is 28.4 Å². The normalized spacial score (nSPS) is 14.8. The van der Waals surface area contributed by atoms with Crippen LogP contribution in [-0.4, -0.2) is 71.8 Å². The lowest BCUT2D eigenvalue weighted by molar-refractivity contribution is 0.169. The quantitative estimate of drug-likeness (QED) is 0.0943. The first-order chi connectivity index (χ1) is 24.2. The number of aliphatic hydroxyl groups excluding tert-OH is 3. The molecule has 0 bridgehead atoms. The van der Waals surface area contributed by atoms with Gasteiger partial charge >= 0.3 is 0 Å². The van der Waals surface area contributed by atoms with Crippen LogP contribution in [0.1, 0.15) is 40.7 Å². The van der Waals surface area contributed by atoms with Gasteiger partial charge in [0.25, 0.3) is 0 Å². The molecule has 4 N–H and O–H groups in total. The Kier molecular flexibility index (Phi) is 13.4. The number of aliphatic hydroxyl groups is 3. The number of rotatable bonds is 17. The highest BCUT2D eigenvalue weighted by Crippen LogP contribution is 2.36. The number of likely N-dealkylation sites (tertiary alicyclic amines) is 1. The summed E-state index contributed by atoms with van der Waals surface area (Å²) in [6.07, 6.45) is 1.49. The molecule has 0 radical (unpaired) electrons. The second kappa shape index (κ2) is 17.9. The zero-order valence-electron chi connectivity index (χ0n) is 28.4. The molecule has 1 aliphatic rings. The highest BCUT2D eigenvalue weighted by molar-refractivity contribution is 6.32. The van der Waals surface area contributed by atoms with Gasteiger partial charge in [0.2, 0.25) is 0 Å². The summed E-state index contributed by atoms with van der Waals surface area (Å²) in [5.41, 5.74) is 6.24. The Balaban J connectivity index is 1.29. The van der Waals surface area contributed by atoms with Crippen LogP contribution in [0.15, 0.2) is 66.7 Å². The number of hydrogen-bond acceptors (Lipinski definition) is 8. The molecule has 0 spiro atoms. The van der Waals surface area contributed by atoms with Crippen LogP contribution >= 0.6 is 11.6 Å². The first kappa shape index (κ1) is 37.5. The SMILES string of the molecule is Cc1c(COc2cc(OCc3ccc(F)c(F)c3)c(CNC(CO)CO)cc2Cl)cccc1-c1cccc(OCCCN2CCC(O)C2)c1C. The number of nitrogens with one attached hydrogen (secondary N) is 1. The van der Waals surface area contributed by atoms with E-state index >= 15 is 0 Å². The maximum absolute atomic E-state index is 13.8. The Bertz CT molecular complexity index is 1740. The van der Waals surface area contributed by atoms with Crippen molar-refractivity contribution in [1.29, 1.82) is 0 Å². The summed E-state index contributed by atoms with van der Waals surface area (Å²) in [5, 5.41) is 32.2. The summed E-state index contributed by atoms with van der Waals surface area (Å²) in [7, 11) is 0. The van der Waals surface area contributed by atoms with Crippen LogP contribution in [0.2, 0.25) is 5.02 Å². The number of halogens is 3. The first-order valence-corrected chi connectivity index (χ1v) is 17.2. The number of hydrogen-bond donors (Lipinski definition) is 4. The van der Waals surface area contributed by atoms with Crippen molar-refractivity contribution >= 4 is 11.6 Å². The van der Waals surface area contributed by atoms with Crippen molar-refractivity contribution in [1.82, 2.24) is 10.2 Å². The van der Waals surface area contributed by atoms with Crippen molar-refractivity contribution in [3.63, 3.8) is 0 Å². The zero-order valence-corrected chi connectivity index (χ0v) is 29.2. The molecule has 268 valence electrons. The Morgan fingerprint density at radius 3 is 2.30 bits per heavy atom. The standard InChI is InChI=1S/C39H45ClF2N2O6/c1-25-28(6-3-7-32(25)33-8-4-9-37(26(33)2)48-15-5-13-44-14-12-31(47)20-44)24-50-39-18-38(49-23-27-10-11-35(41)36(42)16-27)29(17-34(39)40)19-43-30(21-45)22-46/h3-4,6-11,16-18,30-31,43,45-47H,5,12-15,19-24H2,1-2H3. The summed E-state index contributed by atoms with van der Waals surface area (Å²) in [6.45, 7) is 7.12. The largest absolute Gasteiger partial charge is 0.493 e. The molecule has 1 unspecified atom stereocenters. The highest BCUT2D eigenvalue weighted by atomic mass is 35.5. The van der Waals surface area contributed by atoms with E-state index in [9.17, 15) is 24.1 Å². The fraction of sp³-hybridized carbons (Fsp3) is 0.385. The molecule has 5 rings (SSSR count). The van der Waals surface area contributed by atoms with E-state index in [2.05, 4.69) is 36.2 Å². The van der Waals surface area contributed by atoms with E-state index in [1.807, 2.05) is 24.3 Å². The van der Waals surface area contributed by atoms with Crippen LogP contribution < -0.4 is 19.5 Å². The van der Waals surface area contributed by atoms with Gasteiger partial charge in [0.05, 0.1) is 37.0 Å². The van der Waals surface area contributed by atoms with E-state index in [-0.39, 0.29) is 39.1 Å². The van der Waals surface area contributed by atoms with Crippen molar-refractivity contribution in [2.75, 3.05) is 39.5 Å². The highest BCUT2D eigenvalue weighted by Gasteiger charge is 2.20. The molecular formula is C39H45ClF2N2O6. The Morgan fingerprint density at radius 1 is 0.840 bits per heavy atom. The molecule has 0 saturated carbocycles. The smallest absolute Gasteiger partial charge is 0.159 e. The van der Waals surface area contributed by atoms with E-state index in [0.29, 0.717) is 34.3 Å². The first-order valence-electron chi connectivity index (χ1n) is 16.9. The van der Waals surface area contributed by atoms with E-state index in [4.69, 9.17) is 25.8 Å². The third-order valence-electron chi connectivity index (χ3n) is 9.04. The van der Waals surface area contributed by atoms with E-state index < -0.39 is 17.7 Å². The average Bonchev–Trinajstić information content (AvgIpc) is 3.53. The molecule has 1 fully saturated rings. The monoisotopic (exact) mass is 710 g/mol. The summed E-state index contributed by atoms with van der Waals surface area (Å²) < 4.78 is 45.8. The molecule has 1 heterocycles. The molecule has 0 amide bonds. The topological polar surface area (TPSA) is 104 Å². The van der Waals surface area contributed by atoms with Crippen LogP contribution in [0.25, 0.3) is 11.1 Å². The molecule has 4 aromatic rings. The Labute approximate surface area is 297 Å². The van der Waals surface area contributed by atoms with Crippen molar-refractivity contribution in [2.45, 2.75) is 58.6 Å². The Hall–Kier alpha value is -3.77. The van der Waals surface area contributed by atoms with E-state index in [1.54, 1.807) is 12.1 Å². The van der Waals surface area contributed by atoms with Gasteiger partial charge in [-0.15, -0.1) is 0 Å². The van der Waals surface area contributed by atoms with Gasteiger partial charge < -0.3 is 39.7 Å². The maximum atomic E-state index is 13.8. The third-order valence-corrected chi connectivity index (χ3v) is 9.34. The third kappa shape index (κ3) is 9.72. The molecule has 1 aliphatic heterocycles. The van der Waals surface area contributed by atoms with E-state index in [0.717, 1.165) is 78.2 Å². The Morgan fingerprint density at radius 2 is 1.58 bits per heavy atom. The fourth-order valence-corrected chi connectivity index (χ4v) is 6.27. The summed E-state index contributed by atoms with van der Waals surface area (Å²) in [4.78, 5) is 2.27. The summed E-state index contributed by atoms with van der Waals surface area (Å²) in [6, 6.07) is 18.5. The molecule has 0 aromatic heterocycles. The molecule has 1 saturated heterocycles. The van der Waals surface area contributed by atoms with Gasteiger partial charge in [0, 0.05) is 37.8 Å². The van der Waals surface area contributed by atoms with Crippen LogP contribution in [0.5, 0.6) is 17.2 Å². The summed E-state index contributed by atoms with van der Waals surface area (Å²) in [5.74, 6) is -0.305. The van der Waals surface area contributed by atoms with Gasteiger partial charge in [-0.2, -0.15) is 0 Å². The van der Waals surface area contributed by atoms with Crippen LogP contribution in [0.3, 0.4) is 0 Å². The van der Waals surface area contributed by atoms with Gasteiger partial charge in [0.15, 0.2) is 11.6 Å². The maximum Gasteiger partial charge on any atom is 0.159 e. The second-order valence-corrected chi connectivity index (χ2v) is 13.0. The van der Waals surface area contributed by atoms with Crippen LogP contribution in [0, 0.1) is 25.5 Å². The average molecular weight is 711 g/mol. The predicted octanol–water partition coefficient (Wildman–Crippen LogP) is 6.34. The lowest BCUT2D eigenvalue weighted by Crippen LogP contribution is -2.35. The number of β-amino-alcohol motifs (C(OH)–C–C–N with tert-alkyl or cyclic N) is 1. The van der Waals surface area contributed by atoms with Gasteiger partial charge in [-0.1, -0.05) is 48.0 Å². The van der Waals surface area contributed by atoms with Crippen LogP contribution in [0.4, 0.5) is 8.78 Å².